The number of aromatic nitrogens is 1. The van der Waals surface area contributed by atoms with Crippen molar-refractivity contribution in [2.45, 2.75) is 13.8 Å². The normalized spacial score (nSPS) is 10.8. The Bertz CT molecular complexity index is 841. The molecular weight excluding hydrogens is 395 g/mol. The van der Waals surface area contributed by atoms with Gasteiger partial charge in [0.25, 0.3) is 5.91 Å². The molecule has 1 aromatic heterocycles. The van der Waals surface area contributed by atoms with E-state index in [4.69, 9.17) is 0 Å². The average molecular weight is 408 g/mol. The third kappa shape index (κ3) is 2.94. The van der Waals surface area contributed by atoms with Gasteiger partial charge in [-0.05, 0) is 65.8 Å². The number of rotatable bonds is 2. The number of fused-ring (bicyclic) bond motifs is 1. The van der Waals surface area contributed by atoms with Crippen molar-refractivity contribution >= 4 is 55.2 Å². The first kappa shape index (κ1) is 14.5. The number of nitrogens with one attached hydrogen (secondary N) is 1. The van der Waals surface area contributed by atoms with Crippen LogP contribution in [-0.4, -0.2) is 10.9 Å². The van der Waals surface area contributed by atoms with E-state index in [9.17, 15) is 4.79 Å². The summed E-state index contributed by atoms with van der Waals surface area (Å²) >= 11 is 3.68. The van der Waals surface area contributed by atoms with Crippen LogP contribution in [0.3, 0.4) is 0 Å². The van der Waals surface area contributed by atoms with Crippen molar-refractivity contribution in [1.29, 1.82) is 0 Å². The standard InChI is InChI=1S/C16H13IN2OS/c1-9-7-10(2)14-13(8-9)18-16(21-14)19-15(20)11-5-3-4-6-12(11)17/h3-8H,1-2H3,(H,18,19,20). The lowest BCUT2D eigenvalue weighted by Gasteiger charge is -2.03. The number of hydrogen-bond acceptors (Lipinski definition) is 3. The Kier molecular flexibility index (Phi) is 3.95. The van der Waals surface area contributed by atoms with Crippen LogP contribution in [0.25, 0.3) is 10.2 Å². The zero-order valence-corrected chi connectivity index (χ0v) is 14.6. The summed E-state index contributed by atoms with van der Waals surface area (Å²) in [6.07, 6.45) is 0. The third-order valence-electron chi connectivity index (χ3n) is 3.16. The molecule has 0 spiro atoms. The van der Waals surface area contributed by atoms with E-state index in [1.807, 2.05) is 30.3 Å². The molecule has 0 saturated heterocycles. The van der Waals surface area contributed by atoms with Crippen molar-refractivity contribution in [3.8, 4) is 0 Å². The van der Waals surface area contributed by atoms with Crippen LogP contribution in [0.2, 0.25) is 0 Å². The Labute approximate surface area is 140 Å². The van der Waals surface area contributed by atoms with Crippen LogP contribution >= 0.6 is 33.9 Å². The molecule has 1 heterocycles. The van der Waals surface area contributed by atoms with Gasteiger partial charge in [0.15, 0.2) is 5.13 Å². The molecule has 3 aromatic rings. The number of amides is 1. The molecule has 0 saturated carbocycles. The van der Waals surface area contributed by atoms with E-state index in [0.29, 0.717) is 10.7 Å². The minimum absolute atomic E-state index is 0.117. The molecule has 1 N–H and O–H groups in total. The zero-order chi connectivity index (χ0) is 15.0. The lowest BCUT2D eigenvalue weighted by Crippen LogP contribution is -2.12. The molecule has 3 rings (SSSR count). The van der Waals surface area contributed by atoms with Crippen LogP contribution in [0.1, 0.15) is 21.5 Å². The second kappa shape index (κ2) is 5.73. The first-order chi connectivity index (χ1) is 10.0. The summed E-state index contributed by atoms with van der Waals surface area (Å²) in [5.74, 6) is -0.117. The molecule has 0 radical (unpaired) electrons. The quantitative estimate of drug-likeness (QED) is 0.621. The van der Waals surface area contributed by atoms with E-state index in [1.54, 1.807) is 0 Å². The van der Waals surface area contributed by atoms with Gasteiger partial charge in [0.2, 0.25) is 0 Å². The van der Waals surface area contributed by atoms with E-state index < -0.39 is 0 Å². The average Bonchev–Trinajstić information content (AvgIpc) is 2.81. The summed E-state index contributed by atoms with van der Waals surface area (Å²) < 4.78 is 2.05. The van der Waals surface area contributed by atoms with Gasteiger partial charge in [-0.1, -0.05) is 29.5 Å². The summed E-state index contributed by atoms with van der Waals surface area (Å²) in [6, 6.07) is 11.7. The highest BCUT2D eigenvalue weighted by Crippen LogP contribution is 2.30. The second-order valence-corrected chi connectivity index (χ2v) is 7.04. The predicted octanol–water partition coefficient (Wildman–Crippen LogP) is 4.77. The lowest BCUT2D eigenvalue weighted by molar-refractivity contribution is 0.102. The van der Waals surface area contributed by atoms with Crippen molar-refractivity contribution in [1.82, 2.24) is 4.98 Å². The second-order valence-electron chi connectivity index (χ2n) is 4.88. The Hall–Kier alpha value is -1.47. The first-order valence-electron chi connectivity index (χ1n) is 6.48. The Morgan fingerprint density at radius 3 is 2.76 bits per heavy atom. The highest BCUT2D eigenvalue weighted by molar-refractivity contribution is 14.1. The molecule has 0 unspecified atom stereocenters. The lowest BCUT2D eigenvalue weighted by atomic mass is 10.1. The molecule has 3 nitrogen and oxygen atoms in total. The highest BCUT2D eigenvalue weighted by Gasteiger charge is 2.13. The maximum atomic E-state index is 12.3. The van der Waals surface area contributed by atoms with Gasteiger partial charge in [0.05, 0.1) is 15.8 Å². The highest BCUT2D eigenvalue weighted by atomic mass is 127. The van der Waals surface area contributed by atoms with E-state index in [0.717, 1.165) is 13.8 Å². The van der Waals surface area contributed by atoms with Gasteiger partial charge in [-0.3, -0.25) is 10.1 Å². The van der Waals surface area contributed by atoms with Gasteiger partial charge < -0.3 is 0 Å². The third-order valence-corrected chi connectivity index (χ3v) is 5.22. The van der Waals surface area contributed by atoms with Gasteiger partial charge >= 0.3 is 0 Å². The van der Waals surface area contributed by atoms with Crippen molar-refractivity contribution in [2.24, 2.45) is 0 Å². The number of carbonyl (C=O) groups is 1. The summed E-state index contributed by atoms with van der Waals surface area (Å²) in [5.41, 5.74) is 3.99. The van der Waals surface area contributed by atoms with Gasteiger partial charge in [0, 0.05) is 3.57 Å². The van der Waals surface area contributed by atoms with E-state index in [-0.39, 0.29) is 5.91 Å². The largest absolute Gasteiger partial charge is 0.298 e. The van der Waals surface area contributed by atoms with Crippen LogP contribution in [0, 0.1) is 17.4 Å². The van der Waals surface area contributed by atoms with Gasteiger partial charge in [0.1, 0.15) is 0 Å². The fraction of sp³-hybridized carbons (Fsp3) is 0.125. The molecule has 106 valence electrons. The molecule has 0 fully saturated rings. The molecule has 2 aromatic carbocycles. The topological polar surface area (TPSA) is 42.0 Å². The number of anilines is 1. The van der Waals surface area contributed by atoms with E-state index >= 15 is 0 Å². The Balaban J connectivity index is 1.94. The van der Waals surface area contributed by atoms with Crippen molar-refractivity contribution < 1.29 is 4.79 Å². The maximum Gasteiger partial charge on any atom is 0.258 e. The fourth-order valence-corrected chi connectivity index (χ4v) is 3.78. The van der Waals surface area contributed by atoms with Crippen molar-refractivity contribution in [3.05, 3.63) is 56.7 Å². The first-order valence-corrected chi connectivity index (χ1v) is 8.38. The van der Waals surface area contributed by atoms with Gasteiger partial charge in [-0.2, -0.15) is 0 Å². The number of halogens is 1. The van der Waals surface area contributed by atoms with Crippen LogP contribution in [0.15, 0.2) is 36.4 Å². The predicted molar refractivity (Wildman–Crippen MR) is 96.2 cm³/mol. The molecule has 0 aliphatic heterocycles. The van der Waals surface area contributed by atoms with Gasteiger partial charge in [-0.25, -0.2) is 4.98 Å². The smallest absolute Gasteiger partial charge is 0.258 e. The van der Waals surface area contributed by atoms with Crippen LogP contribution in [0.4, 0.5) is 5.13 Å². The number of aryl methyl sites for hydroxylation is 2. The minimum atomic E-state index is -0.117. The molecule has 0 aliphatic rings. The summed E-state index contributed by atoms with van der Waals surface area (Å²) in [7, 11) is 0. The molecule has 0 bridgehead atoms. The van der Waals surface area contributed by atoms with Crippen LogP contribution in [0.5, 0.6) is 0 Å². The van der Waals surface area contributed by atoms with Crippen molar-refractivity contribution in [3.63, 3.8) is 0 Å². The molecule has 5 heteroatoms. The van der Waals surface area contributed by atoms with E-state index in [1.165, 1.54) is 22.5 Å². The summed E-state index contributed by atoms with van der Waals surface area (Å²) in [4.78, 5) is 16.8. The summed E-state index contributed by atoms with van der Waals surface area (Å²) in [6.45, 7) is 4.12. The fourth-order valence-electron chi connectivity index (χ4n) is 2.24. The van der Waals surface area contributed by atoms with E-state index in [2.05, 4.69) is 52.8 Å². The number of thiazole rings is 1. The Morgan fingerprint density at radius 2 is 2.00 bits per heavy atom. The van der Waals surface area contributed by atoms with Crippen molar-refractivity contribution in [2.75, 3.05) is 5.32 Å². The van der Waals surface area contributed by atoms with Gasteiger partial charge in [-0.15, -0.1) is 0 Å². The molecular formula is C16H13IN2OS. The number of carbonyl (C=O) groups excluding carboxylic acids is 1. The number of nitrogens with zero attached hydrogens (tertiary/aromatic N) is 1. The molecule has 1 amide bonds. The molecule has 21 heavy (non-hydrogen) atoms. The number of hydrogen-bond donors (Lipinski definition) is 1. The van der Waals surface area contributed by atoms with Crippen LogP contribution in [-0.2, 0) is 0 Å². The molecule has 0 aliphatic carbocycles. The zero-order valence-electron chi connectivity index (χ0n) is 11.6. The SMILES string of the molecule is Cc1cc(C)c2sc(NC(=O)c3ccccc3I)nc2c1. The molecule has 0 atom stereocenters. The summed E-state index contributed by atoms with van der Waals surface area (Å²) in [5, 5.41) is 3.54. The monoisotopic (exact) mass is 408 g/mol. The Morgan fingerprint density at radius 1 is 1.24 bits per heavy atom. The maximum absolute atomic E-state index is 12.3. The number of benzene rings is 2. The minimum Gasteiger partial charge on any atom is -0.298 e. The van der Waals surface area contributed by atoms with Crippen LogP contribution < -0.4 is 5.32 Å².